The Morgan fingerprint density at radius 3 is 2.62 bits per heavy atom. The number of amides is 1. The van der Waals surface area contributed by atoms with Crippen molar-refractivity contribution in [3.8, 4) is 0 Å². The lowest BCUT2D eigenvalue weighted by Crippen LogP contribution is -2.08. The van der Waals surface area contributed by atoms with Crippen molar-refractivity contribution in [2.24, 2.45) is 0 Å². The summed E-state index contributed by atoms with van der Waals surface area (Å²) in [6.07, 6.45) is 2.66. The molecule has 0 aromatic carbocycles. The summed E-state index contributed by atoms with van der Waals surface area (Å²) in [5.41, 5.74) is 0. The highest BCUT2D eigenvalue weighted by Crippen LogP contribution is 1.92. The van der Waals surface area contributed by atoms with Gasteiger partial charge in [0.1, 0.15) is 0 Å². The van der Waals surface area contributed by atoms with Gasteiger partial charge < -0.3 is 0 Å². The lowest BCUT2D eigenvalue weighted by Gasteiger charge is -1.91. The summed E-state index contributed by atoms with van der Waals surface area (Å²) in [6.45, 7) is 2.06. The first-order valence-electron chi connectivity index (χ1n) is 2.94. The van der Waals surface area contributed by atoms with E-state index in [-0.39, 0.29) is 5.91 Å². The molecule has 0 spiro atoms. The second kappa shape index (κ2) is 4.62. The lowest BCUT2D eigenvalue weighted by atomic mass is 10.2. The summed E-state index contributed by atoms with van der Waals surface area (Å²) in [5, 5.41) is 3.49. The number of unbranched alkanes of at least 4 members (excludes halogenated alkanes) is 1. The molecule has 0 heterocycles. The Balaban J connectivity index is 2.99. The molecule has 0 aromatic rings. The van der Waals surface area contributed by atoms with E-state index in [9.17, 15) is 4.79 Å². The van der Waals surface area contributed by atoms with Crippen LogP contribution in [0.15, 0.2) is 0 Å². The Kier molecular flexibility index (Phi) is 4.32. The SMILES string of the molecule is CCCCC(=O)[N]C. The van der Waals surface area contributed by atoms with E-state index in [0.29, 0.717) is 6.42 Å². The molecule has 0 N–H and O–H groups in total. The molecule has 2 heteroatoms. The molecule has 0 aliphatic heterocycles. The largest absolute Gasteiger partial charge is 0.273 e. The molecule has 0 rings (SSSR count). The van der Waals surface area contributed by atoms with E-state index in [1.807, 2.05) is 0 Å². The predicted molar refractivity (Wildman–Crippen MR) is 32.6 cm³/mol. The number of hydrogen-bond donors (Lipinski definition) is 0. The second-order valence-electron chi connectivity index (χ2n) is 1.72. The lowest BCUT2D eigenvalue weighted by molar-refractivity contribution is -0.120. The molecule has 1 amide bonds. The number of carbonyl (C=O) groups is 1. The first-order chi connectivity index (χ1) is 3.81. The van der Waals surface area contributed by atoms with Crippen LogP contribution in [0.4, 0.5) is 0 Å². The fourth-order valence-corrected chi connectivity index (χ4v) is 0.440. The first-order valence-corrected chi connectivity index (χ1v) is 2.94. The highest BCUT2D eigenvalue weighted by Gasteiger charge is 1.94. The van der Waals surface area contributed by atoms with Crippen LogP contribution in [0.1, 0.15) is 26.2 Å². The average molecular weight is 114 g/mol. The van der Waals surface area contributed by atoms with Gasteiger partial charge in [0.05, 0.1) is 0 Å². The smallest absolute Gasteiger partial charge is 0.240 e. The molecule has 0 saturated carbocycles. The maximum absolute atomic E-state index is 10.4. The molecule has 47 valence electrons. The quantitative estimate of drug-likeness (QED) is 0.537. The van der Waals surface area contributed by atoms with Crippen LogP contribution in [-0.4, -0.2) is 13.0 Å². The molecule has 0 aliphatic carbocycles. The van der Waals surface area contributed by atoms with Gasteiger partial charge in [0.2, 0.25) is 5.91 Å². The van der Waals surface area contributed by atoms with Gasteiger partial charge in [-0.2, -0.15) is 0 Å². The van der Waals surface area contributed by atoms with E-state index >= 15 is 0 Å². The van der Waals surface area contributed by atoms with Crippen LogP contribution in [0.25, 0.3) is 0 Å². The summed E-state index contributed by atoms with van der Waals surface area (Å²) in [6, 6.07) is 0. The van der Waals surface area contributed by atoms with Crippen LogP contribution >= 0.6 is 0 Å². The van der Waals surface area contributed by atoms with Crippen molar-refractivity contribution in [1.82, 2.24) is 5.32 Å². The highest BCUT2D eigenvalue weighted by atomic mass is 16.1. The molecule has 0 bridgehead atoms. The minimum Gasteiger partial charge on any atom is -0.273 e. The number of rotatable bonds is 3. The summed E-state index contributed by atoms with van der Waals surface area (Å²) in [4.78, 5) is 10.4. The average Bonchev–Trinajstić information content (AvgIpc) is 1.83. The van der Waals surface area contributed by atoms with Crippen LogP contribution in [0.5, 0.6) is 0 Å². The van der Waals surface area contributed by atoms with E-state index in [1.54, 1.807) is 0 Å². The predicted octanol–water partition coefficient (Wildman–Crippen LogP) is 0.937. The van der Waals surface area contributed by atoms with Gasteiger partial charge in [-0.3, -0.25) is 10.1 Å². The maximum atomic E-state index is 10.4. The normalized spacial score (nSPS) is 8.75. The van der Waals surface area contributed by atoms with Gasteiger partial charge in [-0.15, -0.1) is 0 Å². The van der Waals surface area contributed by atoms with Crippen LogP contribution < -0.4 is 5.32 Å². The van der Waals surface area contributed by atoms with Gasteiger partial charge in [0.15, 0.2) is 0 Å². The van der Waals surface area contributed by atoms with Crippen LogP contribution in [-0.2, 0) is 4.79 Å². The fraction of sp³-hybridized carbons (Fsp3) is 0.833. The molecule has 0 atom stereocenters. The molecule has 0 fully saturated rings. The summed E-state index contributed by atoms with van der Waals surface area (Å²) >= 11 is 0. The standard InChI is InChI=1S/C6H12NO/c1-3-4-5-6(8)7-2/h3-5H2,1-2H3. The third kappa shape index (κ3) is 3.65. The Morgan fingerprint density at radius 1 is 1.62 bits per heavy atom. The van der Waals surface area contributed by atoms with Crippen molar-refractivity contribution < 1.29 is 4.79 Å². The van der Waals surface area contributed by atoms with Gasteiger partial charge in [0, 0.05) is 13.5 Å². The Bertz CT molecular complexity index is 70.9. The third-order valence-electron chi connectivity index (χ3n) is 0.994. The first kappa shape index (κ1) is 7.47. The van der Waals surface area contributed by atoms with Crippen molar-refractivity contribution in [1.29, 1.82) is 0 Å². The summed E-state index contributed by atoms with van der Waals surface area (Å²) in [7, 11) is 1.54. The van der Waals surface area contributed by atoms with E-state index in [4.69, 9.17) is 0 Å². The molecular formula is C6H12NO. The molecular weight excluding hydrogens is 102 g/mol. The van der Waals surface area contributed by atoms with Crippen molar-refractivity contribution >= 4 is 5.91 Å². The molecule has 0 unspecified atom stereocenters. The van der Waals surface area contributed by atoms with Crippen molar-refractivity contribution in [2.45, 2.75) is 26.2 Å². The fourth-order valence-electron chi connectivity index (χ4n) is 0.440. The molecule has 0 aromatic heterocycles. The van der Waals surface area contributed by atoms with Crippen molar-refractivity contribution in [3.63, 3.8) is 0 Å². The monoisotopic (exact) mass is 114 g/mol. The zero-order chi connectivity index (χ0) is 6.41. The number of carbonyl (C=O) groups excluding carboxylic acids is 1. The van der Waals surface area contributed by atoms with E-state index < -0.39 is 0 Å². The number of hydrogen-bond acceptors (Lipinski definition) is 1. The van der Waals surface area contributed by atoms with E-state index in [1.165, 1.54) is 7.05 Å². The molecule has 8 heavy (non-hydrogen) atoms. The van der Waals surface area contributed by atoms with Crippen LogP contribution in [0.3, 0.4) is 0 Å². The van der Waals surface area contributed by atoms with Crippen LogP contribution in [0.2, 0.25) is 0 Å². The molecule has 0 aliphatic rings. The van der Waals surface area contributed by atoms with E-state index in [2.05, 4.69) is 12.2 Å². The van der Waals surface area contributed by atoms with Crippen LogP contribution in [0, 0.1) is 0 Å². The van der Waals surface area contributed by atoms with Gasteiger partial charge in [-0.05, 0) is 6.42 Å². The Labute approximate surface area is 50.3 Å². The van der Waals surface area contributed by atoms with E-state index in [0.717, 1.165) is 12.8 Å². The Hall–Kier alpha value is -0.530. The maximum Gasteiger partial charge on any atom is 0.240 e. The van der Waals surface area contributed by atoms with Gasteiger partial charge >= 0.3 is 0 Å². The van der Waals surface area contributed by atoms with Crippen molar-refractivity contribution in [3.05, 3.63) is 0 Å². The molecule has 1 radical (unpaired) electrons. The molecule has 2 nitrogen and oxygen atoms in total. The minimum atomic E-state index is 0.0202. The van der Waals surface area contributed by atoms with Gasteiger partial charge in [0.25, 0.3) is 0 Å². The molecule has 0 saturated heterocycles. The highest BCUT2D eigenvalue weighted by molar-refractivity contribution is 5.75. The zero-order valence-electron chi connectivity index (χ0n) is 5.48. The Morgan fingerprint density at radius 2 is 2.25 bits per heavy atom. The zero-order valence-corrected chi connectivity index (χ0v) is 5.48. The summed E-state index contributed by atoms with van der Waals surface area (Å²) < 4.78 is 0. The topological polar surface area (TPSA) is 31.2 Å². The second-order valence-corrected chi connectivity index (χ2v) is 1.72. The minimum absolute atomic E-state index is 0.0202. The summed E-state index contributed by atoms with van der Waals surface area (Å²) in [5.74, 6) is 0.0202. The third-order valence-corrected chi connectivity index (χ3v) is 0.994. The van der Waals surface area contributed by atoms with Gasteiger partial charge in [-0.1, -0.05) is 13.3 Å². The van der Waals surface area contributed by atoms with Crippen molar-refractivity contribution in [2.75, 3.05) is 7.05 Å². The number of nitrogens with zero attached hydrogens (tertiary/aromatic N) is 1. The van der Waals surface area contributed by atoms with Gasteiger partial charge in [-0.25, -0.2) is 0 Å².